The molecule has 2 aliphatic heterocycles. The zero-order valence-electron chi connectivity index (χ0n) is 13.7. The van der Waals surface area contributed by atoms with Crippen LogP contribution in [0.2, 0.25) is 5.02 Å². The Hall–Kier alpha value is -1.46. The summed E-state index contributed by atoms with van der Waals surface area (Å²) >= 11 is 7.94. The summed E-state index contributed by atoms with van der Waals surface area (Å²) in [5.74, 6) is 0.868. The molecule has 4 rings (SSSR count). The maximum Gasteiger partial charge on any atom is 0.274 e. The SMILES string of the molecule is Cn1nc(C(=O)N2CCCCCC2)c2c1-c1cc(Cl)ccc1SC2. The van der Waals surface area contributed by atoms with Gasteiger partial charge in [-0.25, -0.2) is 0 Å². The van der Waals surface area contributed by atoms with E-state index in [1.54, 1.807) is 11.8 Å². The molecule has 2 aromatic rings. The molecule has 1 amide bonds. The van der Waals surface area contributed by atoms with Gasteiger partial charge in [0.25, 0.3) is 5.91 Å². The van der Waals surface area contributed by atoms with E-state index in [1.165, 1.54) is 17.7 Å². The third-order valence-corrected chi connectivity index (χ3v) is 6.15. The van der Waals surface area contributed by atoms with Gasteiger partial charge in [-0.2, -0.15) is 5.10 Å². The molecule has 0 aliphatic carbocycles. The molecule has 4 nitrogen and oxygen atoms in total. The average molecular weight is 362 g/mol. The topological polar surface area (TPSA) is 38.1 Å². The van der Waals surface area contributed by atoms with Crippen LogP contribution in [0.3, 0.4) is 0 Å². The number of nitrogens with zero attached hydrogens (tertiary/aromatic N) is 3. The molecule has 126 valence electrons. The van der Waals surface area contributed by atoms with E-state index in [4.69, 9.17) is 11.6 Å². The largest absolute Gasteiger partial charge is 0.337 e. The van der Waals surface area contributed by atoms with Crippen molar-refractivity contribution in [3.05, 3.63) is 34.5 Å². The first-order valence-electron chi connectivity index (χ1n) is 8.43. The van der Waals surface area contributed by atoms with E-state index in [9.17, 15) is 4.79 Å². The summed E-state index contributed by atoms with van der Waals surface area (Å²) in [6, 6.07) is 5.94. The van der Waals surface area contributed by atoms with Crippen LogP contribution in [-0.2, 0) is 12.8 Å². The number of hydrogen-bond acceptors (Lipinski definition) is 3. The summed E-state index contributed by atoms with van der Waals surface area (Å²) in [6.45, 7) is 1.69. The molecule has 3 heterocycles. The molecule has 1 fully saturated rings. The standard InChI is InChI=1S/C18H20ClN3OS/c1-21-17-13-10-12(19)6-7-15(13)24-11-14(17)16(20-21)18(23)22-8-4-2-3-5-9-22/h6-7,10H,2-5,8-9,11H2,1H3. The number of aryl methyl sites for hydroxylation is 1. The molecule has 0 atom stereocenters. The number of thioether (sulfide) groups is 1. The van der Waals surface area contributed by atoms with Gasteiger partial charge in [0, 0.05) is 46.9 Å². The van der Waals surface area contributed by atoms with Crippen molar-refractivity contribution < 1.29 is 4.79 Å². The summed E-state index contributed by atoms with van der Waals surface area (Å²) in [4.78, 5) is 16.2. The molecule has 2 aliphatic rings. The van der Waals surface area contributed by atoms with Gasteiger partial charge >= 0.3 is 0 Å². The van der Waals surface area contributed by atoms with Gasteiger partial charge in [-0.3, -0.25) is 9.48 Å². The van der Waals surface area contributed by atoms with Crippen LogP contribution in [0.4, 0.5) is 0 Å². The molecule has 0 N–H and O–H groups in total. The second-order valence-electron chi connectivity index (χ2n) is 6.43. The first-order valence-corrected chi connectivity index (χ1v) is 9.79. The molecule has 0 spiro atoms. The van der Waals surface area contributed by atoms with Gasteiger partial charge in [0.15, 0.2) is 5.69 Å². The Morgan fingerprint density at radius 2 is 1.96 bits per heavy atom. The Morgan fingerprint density at radius 3 is 2.71 bits per heavy atom. The maximum absolute atomic E-state index is 13.0. The Morgan fingerprint density at radius 1 is 1.21 bits per heavy atom. The first-order chi connectivity index (χ1) is 11.6. The minimum absolute atomic E-state index is 0.0832. The van der Waals surface area contributed by atoms with Crippen LogP contribution in [0.25, 0.3) is 11.3 Å². The molecule has 0 bridgehead atoms. The number of rotatable bonds is 1. The number of aromatic nitrogens is 2. The van der Waals surface area contributed by atoms with E-state index in [2.05, 4.69) is 11.2 Å². The van der Waals surface area contributed by atoms with Gasteiger partial charge in [-0.15, -0.1) is 11.8 Å². The molecule has 1 saturated heterocycles. The fraction of sp³-hybridized carbons (Fsp3) is 0.444. The fourth-order valence-corrected chi connectivity index (χ4v) is 4.82. The molecular formula is C18H20ClN3OS. The second-order valence-corrected chi connectivity index (χ2v) is 7.89. The Balaban J connectivity index is 1.75. The predicted octanol–water partition coefficient (Wildman–Crippen LogP) is 4.36. The van der Waals surface area contributed by atoms with E-state index in [0.29, 0.717) is 10.7 Å². The van der Waals surface area contributed by atoms with Crippen molar-refractivity contribution >= 4 is 29.3 Å². The first kappa shape index (κ1) is 16.0. The summed E-state index contributed by atoms with van der Waals surface area (Å²) in [5.41, 5.74) is 3.78. The maximum atomic E-state index is 13.0. The van der Waals surface area contributed by atoms with E-state index in [0.717, 1.165) is 48.5 Å². The third-order valence-electron chi connectivity index (χ3n) is 4.81. The highest BCUT2D eigenvalue weighted by atomic mass is 35.5. The Bertz CT molecular complexity index is 794. The van der Waals surface area contributed by atoms with E-state index in [-0.39, 0.29) is 5.91 Å². The molecule has 0 saturated carbocycles. The minimum atomic E-state index is 0.0832. The van der Waals surface area contributed by atoms with Crippen LogP contribution in [0, 0.1) is 0 Å². The van der Waals surface area contributed by atoms with Crippen molar-refractivity contribution in [2.75, 3.05) is 13.1 Å². The van der Waals surface area contributed by atoms with Gasteiger partial charge in [0.1, 0.15) is 0 Å². The van der Waals surface area contributed by atoms with Gasteiger partial charge in [0.05, 0.1) is 5.69 Å². The van der Waals surface area contributed by atoms with E-state index in [1.807, 2.05) is 28.8 Å². The molecule has 0 unspecified atom stereocenters. The van der Waals surface area contributed by atoms with Crippen LogP contribution >= 0.6 is 23.4 Å². The highest BCUT2D eigenvalue weighted by Gasteiger charge is 2.30. The van der Waals surface area contributed by atoms with Crippen molar-refractivity contribution in [1.82, 2.24) is 14.7 Å². The molecule has 1 aromatic heterocycles. The lowest BCUT2D eigenvalue weighted by Crippen LogP contribution is -2.32. The molecular weight excluding hydrogens is 342 g/mol. The Kier molecular flexibility index (Phi) is 4.31. The number of fused-ring (bicyclic) bond motifs is 3. The smallest absolute Gasteiger partial charge is 0.274 e. The van der Waals surface area contributed by atoms with Crippen molar-refractivity contribution in [3.63, 3.8) is 0 Å². The van der Waals surface area contributed by atoms with Gasteiger partial charge in [-0.05, 0) is 31.0 Å². The molecule has 6 heteroatoms. The average Bonchev–Trinajstić information content (AvgIpc) is 2.76. The number of halogens is 1. The second kappa shape index (κ2) is 6.45. The quantitative estimate of drug-likeness (QED) is 0.757. The monoisotopic (exact) mass is 361 g/mol. The van der Waals surface area contributed by atoms with Crippen LogP contribution in [0.1, 0.15) is 41.7 Å². The van der Waals surface area contributed by atoms with Gasteiger partial charge in [-0.1, -0.05) is 24.4 Å². The number of hydrogen-bond donors (Lipinski definition) is 0. The number of amides is 1. The number of carbonyl (C=O) groups excluding carboxylic acids is 1. The molecule has 0 radical (unpaired) electrons. The normalized spacial score (nSPS) is 17.2. The fourth-order valence-electron chi connectivity index (χ4n) is 3.60. The van der Waals surface area contributed by atoms with Crippen LogP contribution in [0.5, 0.6) is 0 Å². The highest BCUT2D eigenvalue weighted by Crippen LogP contribution is 2.43. The van der Waals surface area contributed by atoms with Crippen molar-refractivity contribution in [3.8, 4) is 11.3 Å². The van der Waals surface area contributed by atoms with Crippen molar-refractivity contribution in [2.45, 2.75) is 36.3 Å². The summed E-state index contributed by atoms with van der Waals surface area (Å²) in [5, 5.41) is 5.31. The van der Waals surface area contributed by atoms with Crippen LogP contribution in [-0.4, -0.2) is 33.7 Å². The number of likely N-dealkylation sites (tertiary alicyclic amines) is 1. The lowest BCUT2D eigenvalue weighted by molar-refractivity contribution is 0.0754. The van der Waals surface area contributed by atoms with E-state index >= 15 is 0 Å². The molecule has 24 heavy (non-hydrogen) atoms. The van der Waals surface area contributed by atoms with Crippen LogP contribution in [0.15, 0.2) is 23.1 Å². The van der Waals surface area contributed by atoms with E-state index < -0.39 is 0 Å². The lowest BCUT2D eigenvalue weighted by Gasteiger charge is -2.21. The zero-order valence-corrected chi connectivity index (χ0v) is 15.3. The van der Waals surface area contributed by atoms with Crippen molar-refractivity contribution in [2.24, 2.45) is 7.05 Å². The molecule has 1 aromatic carbocycles. The zero-order chi connectivity index (χ0) is 16.7. The summed E-state index contributed by atoms with van der Waals surface area (Å²) in [6.07, 6.45) is 4.61. The highest BCUT2D eigenvalue weighted by molar-refractivity contribution is 7.98. The minimum Gasteiger partial charge on any atom is -0.337 e. The van der Waals surface area contributed by atoms with Crippen LogP contribution < -0.4 is 0 Å². The summed E-state index contributed by atoms with van der Waals surface area (Å²) < 4.78 is 1.84. The predicted molar refractivity (Wildman–Crippen MR) is 97.6 cm³/mol. The van der Waals surface area contributed by atoms with Gasteiger partial charge in [0.2, 0.25) is 0 Å². The Labute approximate surface area is 151 Å². The number of carbonyl (C=O) groups is 1. The lowest BCUT2D eigenvalue weighted by atomic mass is 10.1. The number of benzene rings is 1. The van der Waals surface area contributed by atoms with Gasteiger partial charge < -0.3 is 4.90 Å². The third kappa shape index (κ3) is 2.74. The summed E-state index contributed by atoms with van der Waals surface area (Å²) in [7, 11) is 1.92. The van der Waals surface area contributed by atoms with Crippen molar-refractivity contribution in [1.29, 1.82) is 0 Å².